The van der Waals surface area contributed by atoms with E-state index < -0.39 is 28.7 Å². The lowest BCUT2D eigenvalue weighted by atomic mass is 9.96. The number of imide groups is 1. The first-order valence-corrected chi connectivity index (χ1v) is 12.2. The van der Waals surface area contributed by atoms with Crippen LogP contribution < -0.4 is 9.64 Å². The highest BCUT2D eigenvalue weighted by Gasteiger charge is 2.44. The van der Waals surface area contributed by atoms with Crippen LogP contribution in [0.5, 0.6) is 5.75 Å². The number of carbonyl (C=O) groups excluding carboxylic acids is 3. The van der Waals surface area contributed by atoms with Gasteiger partial charge in [0.05, 0.1) is 23.6 Å². The zero-order chi connectivity index (χ0) is 25.7. The van der Waals surface area contributed by atoms with Crippen molar-refractivity contribution in [1.29, 1.82) is 0 Å². The van der Waals surface area contributed by atoms with E-state index in [4.69, 9.17) is 4.74 Å². The van der Waals surface area contributed by atoms with Gasteiger partial charge in [0.1, 0.15) is 11.8 Å². The molecule has 2 aromatic carbocycles. The van der Waals surface area contributed by atoms with E-state index in [9.17, 15) is 24.5 Å². The molecule has 2 aliphatic rings. The summed E-state index contributed by atoms with van der Waals surface area (Å²) in [6, 6.07) is 11.1. The number of nitrogens with zero attached hydrogens (tertiary/aromatic N) is 3. The summed E-state index contributed by atoms with van der Waals surface area (Å²) in [6.07, 6.45) is 6.75. The predicted octanol–water partition coefficient (Wildman–Crippen LogP) is 4.66. The van der Waals surface area contributed by atoms with Crippen molar-refractivity contribution in [2.75, 3.05) is 18.1 Å². The Morgan fingerprint density at radius 2 is 1.94 bits per heavy atom. The van der Waals surface area contributed by atoms with E-state index in [0.29, 0.717) is 24.5 Å². The minimum Gasteiger partial charge on any atom is -0.494 e. The molecule has 0 N–H and O–H groups in total. The number of non-ortho nitro benzene ring substituents is 1. The van der Waals surface area contributed by atoms with Gasteiger partial charge in [0.15, 0.2) is 0 Å². The number of hydrogen-bond acceptors (Lipinski definition) is 6. The SMILES string of the molecule is CCOc1ccc(N2C(=O)CC(N(CCC3=CCCCC3)C(=O)c3cccc([N+](=O)[O-])c3)C2=O)cc1. The molecule has 0 aromatic heterocycles. The second kappa shape index (κ2) is 11.2. The highest BCUT2D eigenvalue weighted by atomic mass is 16.6. The molecule has 188 valence electrons. The summed E-state index contributed by atoms with van der Waals surface area (Å²) < 4.78 is 5.44. The van der Waals surface area contributed by atoms with E-state index >= 15 is 0 Å². The van der Waals surface area contributed by atoms with Gasteiger partial charge in [-0.2, -0.15) is 0 Å². The van der Waals surface area contributed by atoms with E-state index in [0.717, 1.165) is 30.6 Å². The van der Waals surface area contributed by atoms with Gasteiger partial charge in [0.25, 0.3) is 17.5 Å². The molecule has 36 heavy (non-hydrogen) atoms. The van der Waals surface area contributed by atoms with E-state index in [-0.39, 0.29) is 24.2 Å². The van der Waals surface area contributed by atoms with Crippen LogP contribution >= 0.6 is 0 Å². The van der Waals surface area contributed by atoms with E-state index in [1.807, 2.05) is 6.92 Å². The molecular weight excluding hydrogens is 462 g/mol. The molecule has 3 amide bonds. The average Bonchev–Trinajstić information content (AvgIpc) is 3.18. The van der Waals surface area contributed by atoms with Gasteiger partial charge in [-0.25, -0.2) is 4.90 Å². The number of anilines is 1. The summed E-state index contributed by atoms with van der Waals surface area (Å²) in [7, 11) is 0. The summed E-state index contributed by atoms with van der Waals surface area (Å²) >= 11 is 0. The fraction of sp³-hybridized carbons (Fsp3) is 0.370. The molecule has 1 unspecified atom stereocenters. The second-order valence-electron chi connectivity index (χ2n) is 8.88. The molecule has 1 atom stereocenters. The lowest BCUT2D eigenvalue weighted by molar-refractivity contribution is -0.384. The summed E-state index contributed by atoms with van der Waals surface area (Å²) in [5.41, 5.74) is 1.54. The van der Waals surface area contributed by atoms with Gasteiger partial charge in [-0.05, 0) is 69.4 Å². The lowest BCUT2D eigenvalue weighted by Crippen LogP contribution is -2.46. The third kappa shape index (κ3) is 5.45. The van der Waals surface area contributed by atoms with Crippen LogP contribution in [0, 0.1) is 10.1 Å². The number of benzene rings is 2. The van der Waals surface area contributed by atoms with Crippen molar-refractivity contribution in [3.05, 3.63) is 75.9 Å². The minimum absolute atomic E-state index is 0.113. The summed E-state index contributed by atoms with van der Waals surface area (Å²) in [5, 5.41) is 11.3. The quantitative estimate of drug-likeness (QED) is 0.218. The Morgan fingerprint density at radius 3 is 2.61 bits per heavy atom. The molecular formula is C27H29N3O6. The Morgan fingerprint density at radius 1 is 1.17 bits per heavy atom. The van der Waals surface area contributed by atoms with Crippen LogP contribution in [0.2, 0.25) is 0 Å². The Hall–Kier alpha value is -4.01. The van der Waals surface area contributed by atoms with Crippen LogP contribution in [-0.2, 0) is 9.59 Å². The summed E-state index contributed by atoms with van der Waals surface area (Å²) in [6.45, 7) is 2.60. The zero-order valence-corrected chi connectivity index (χ0v) is 20.2. The van der Waals surface area contributed by atoms with Crippen LogP contribution in [0.3, 0.4) is 0 Å². The van der Waals surface area contributed by atoms with Crippen molar-refractivity contribution in [1.82, 2.24) is 4.90 Å². The molecule has 2 aromatic rings. The largest absolute Gasteiger partial charge is 0.494 e. The monoisotopic (exact) mass is 491 g/mol. The molecule has 1 heterocycles. The standard InChI is InChI=1S/C27H29N3O6/c1-2-36-23-13-11-21(12-14-23)29-25(31)18-24(27(29)33)28(16-15-19-7-4-3-5-8-19)26(32)20-9-6-10-22(17-20)30(34)35/h6-7,9-14,17,24H,2-5,8,15-16,18H2,1H3. The van der Waals surface area contributed by atoms with Gasteiger partial charge in [-0.1, -0.05) is 17.7 Å². The van der Waals surface area contributed by atoms with E-state index in [1.54, 1.807) is 24.3 Å². The Balaban J connectivity index is 1.61. The van der Waals surface area contributed by atoms with Gasteiger partial charge in [-0.15, -0.1) is 0 Å². The minimum atomic E-state index is -0.986. The number of ether oxygens (including phenoxy) is 1. The molecule has 1 saturated heterocycles. The number of hydrogen-bond donors (Lipinski definition) is 0. The maximum atomic E-state index is 13.6. The molecule has 9 nitrogen and oxygen atoms in total. The zero-order valence-electron chi connectivity index (χ0n) is 20.2. The molecule has 0 radical (unpaired) electrons. The predicted molar refractivity (Wildman–Crippen MR) is 134 cm³/mol. The molecule has 1 aliphatic carbocycles. The van der Waals surface area contributed by atoms with Crippen LogP contribution in [0.4, 0.5) is 11.4 Å². The summed E-state index contributed by atoms with van der Waals surface area (Å²) in [5.74, 6) is -0.765. The van der Waals surface area contributed by atoms with E-state index in [1.165, 1.54) is 34.7 Å². The number of rotatable bonds is 9. The molecule has 1 aliphatic heterocycles. The van der Waals surface area contributed by atoms with Crippen molar-refractivity contribution >= 4 is 29.1 Å². The first-order valence-electron chi connectivity index (χ1n) is 12.2. The fourth-order valence-corrected chi connectivity index (χ4v) is 4.70. The Kier molecular flexibility index (Phi) is 7.77. The molecule has 0 spiro atoms. The normalized spacial score (nSPS) is 17.6. The van der Waals surface area contributed by atoms with Crippen molar-refractivity contribution in [3.63, 3.8) is 0 Å². The molecule has 9 heteroatoms. The molecule has 4 rings (SSSR count). The van der Waals surface area contributed by atoms with Crippen LogP contribution in [0.25, 0.3) is 0 Å². The van der Waals surface area contributed by atoms with Gasteiger partial charge < -0.3 is 9.64 Å². The highest BCUT2D eigenvalue weighted by Crippen LogP contribution is 2.30. The number of nitro benzene ring substituents is 1. The Labute approximate surface area is 209 Å². The average molecular weight is 492 g/mol. The fourth-order valence-electron chi connectivity index (χ4n) is 4.70. The van der Waals surface area contributed by atoms with E-state index in [2.05, 4.69) is 6.08 Å². The topological polar surface area (TPSA) is 110 Å². The highest BCUT2D eigenvalue weighted by molar-refractivity contribution is 6.23. The first-order chi connectivity index (χ1) is 17.4. The number of amides is 3. The van der Waals surface area contributed by atoms with Crippen molar-refractivity contribution < 1.29 is 24.0 Å². The van der Waals surface area contributed by atoms with Gasteiger partial charge in [0.2, 0.25) is 5.91 Å². The third-order valence-corrected chi connectivity index (χ3v) is 6.53. The van der Waals surface area contributed by atoms with Crippen LogP contribution in [0.15, 0.2) is 60.2 Å². The van der Waals surface area contributed by atoms with Gasteiger partial charge in [0, 0.05) is 24.2 Å². The van der Waals surface area contributed by atoms with Crippen molar-refractivity contribution in [2.45, 2.75) is 51.5 Å². The van der Waals surface area contributed by atoms with Crippen molar-refractivity contribution in [2.24, 2.45) is 0 Å². The first kappa shape index (κ1) is 25.1. The lowest BCUT2D eigenvalue weighted by Gasteiger charge is -2.28. The van der Waals surface area contributed by atoms with Gasteiger partial charge in [-0.3, -0.25) is 24.5 Å². The molecule has 0 bridgehead atoms. The maximum Gasteiger partial charge on any atom is 0.270 e. The third-order valence-electron chi connectivity index (χ3n) is 6.53. The number of carbonyl (C=O) groups is 3. The van der Waals surface area contributed by atoms with Gasteiger partial charge >= 0.3 is 0 Å². The number of nitro groups is 1. The maximum absolute atomic E-state index is 13.6. The second-order valence-corrected chi connectivity index (χ2v) is 8.88. The summed E-state index contributed by atoms with van der Waals surface area (Å²) in [4.78, 5) is 53.2. The smallest absolute Gasteiger partial charge is 0.270 e. The van der Waals surface area contributed by atoms with Crippen molar-refractivity contribution in [3.8, 4) is 5.75 Å². The van der Waals surface area contributed by atoms with Crippen LogP contribution in [-0.4, -0.2) is 46.7 Å². The molecule has 0 saturated carbocycles. The Bertz CT molecular complexity index is 1190. The molecule has 1 fully saturated rings. The number of allylic oxidation sites excluding steroid dienone is 1. The van der Waals surface area contributed by atoms with Crippen LogP contribution in [0.1, 0.15) is 55.8 Å².